The zero-order valence-electron chi connectivity index (χ0n) is 16.9. The topological polar surface area (TPSA) is 82.6 Å². The number of aromatic nitrogens is 2. The maximum absolute atomic E-state index is 12.6. The average Bonchev–Trinajstić information content (AvgIpc) is 2.74. The SMILES string of the molecule is CC(C)(C)OC(=O)N1CCCC[C@@H](n2c(N)nc3cc(OC(F)(F)F)cc(Cl)c32)C1. The number of anilines is 1. The van der Waals surface area contributed by atoms with Gasteiger partial charge in [0.2, 0.25) is 5.95 Å². The number of carbonyl (C=O) groups is 1. The summed E-state index contributed by atoms with van der Waals surface area (Å²) in [6.07, 6.45) is -2.95. The molecule has 2 heterocycles. The molecule has 0 radical (unpaired) electrons. The molecule has 3 rings (SSSR count). The summed E-state index contributed by atoms with van der Waals surface area (Å²) in [6.45, 7) is 6.24. The van der Waals surface area contributed by atoms with Gasteiger partial charge in [0.25, 0.3) is 0 Å². The minimum absolute atomic E-state index is 0.0315. The second kappa shape index (κ2) is 8.05. The van der Waals surface area contributed by atoms with Gasteiger partial charge >= 0.3 is 12.5 Å². The van der Waals surface area contributed by atoms with E-state index >= 15 is 0 Å². The second-order valence-corrected chi connectivity index (χ2v) is 8.64. The van der Waals surface area contributed by atoms with E-state index in [0.717, 1.165) is 25.0 Å². The Kier molecular flexibility index (Phi) is 5.99. The van der Waals surface area contributed by atoms with Gasteiger partial charge in [-0.25, -0.2) is 9.78 Å². The van der Waals surface area contributed by atoms with Crippen LogP contribution in [0.15, 0.2) is 12.1 Å². The first-order valence-corrected chi connectivity index (χ1v) is 9.92. The molecule has 7 nitrogen and oxygen atoms in total. The number of nitrogen functional groups attached to an aromatic ring is 1. The highest BCUT2D eigenvalue weighted by Crippen LogP contribution is 2.36. The molecule has 1 aromatic heterocycles. The summed E-state index contributed by atoms with van der Waals surface area (Å²) in [5.41, 5.74) is 6.06. The predicted molar refractivity (Wildman–Crippen MR) is 107 cm³/mol. The molecule has 1 atom stereocenters. The number of rotatable bonds is 2. The number of carbonyl (C=O) groups excluding carboxylic acids is 1. The summed E-state index contributed by atoms with van der Waals surface area (Å²) < 4.78 is 48.8. The fourth-order valence-electron chi connectivity index (χ4n) is 3.56. The average molecular weight is 449 g/mol. The minimum Gasteiger partial charge on any atom is -0.444 e. The molecule has 0 spiro atoms. The molecule has 11 heteroatoms. The van der Waals surface area contributed by atoms with Gasteiger partial charge in [-0.05, 0) is 40.0 Å². The van der Waals surface area contributed by atoms with Crippen LogP contribution in [0, 0.1) is 0 Å². The van der Waals surface area contributed by atoms with Crippen LogP contribution in [0.3, 0.4) is 0 Å². The Morgan fingerprint density at radius 3 is 2.60 bits per heavy atom. The van der Waals surface area contributed by atoms with Crippen molar-refractivity contribution in [3.63, 3.8) is 0 Å². The maximum atomic E-state index is 12.6. The van der Waals surface area contributed by atoms with Gasteiger partial charge in [0.15, 0.2) is 0 Å². The van der Waals surface area contributed by atoms with Crippen LogP contribution < -0.4 is 10.5 Å². The number of halogens is 4. The second-order valence-electron chi connectivity index (χ2n) is 8.24. The number of ether oxygens (including phenoxy) is 2. The standard InChI is InChI=1S/C19H24ClF3N4O3/c1-18(2,3)30-17(28)26-7-5-4-6-11(10-26)27-15-13(20)8-12(29-19(21,22)23)9-14(15)25-16(27)24/h8-9,11H,4-7,10H2,1-3H3,(H2,24,25)/t11-/m1/s1. The lowest BCUT2D eigenvalue weighted by atomic mass is 10.1. The summed E-state index contributed by atoms with van der Waals surface area (Å²) in [4.78, 5) is 18.4. The van der Waals surface area contributed by atoms with Crippen LogP contribution >= 0.6 is 11.6 Å². The molecule has 0 bridgehead atoms. The van der Waals surface area contributed by atoms with E-state index in [1.165, 1.54) is 0 Å². The van der Waals surface area contributed by atoms with Crippen LogP contribution in [0.4, 0.5) is 23.9 Å². The van der Waals surface area contributed by atoms with Crippen molar-refractivity contribution < 1.29 is 27.4 Å². The van der Waals surface area contributed by atoms with Gasteiger partial charge in [-0.3, -0.25) is 0 Å². The van der Waals surface area contributed by atoms with E-state index in [9.17, 15) is 18.0 Å². The lowest BCUT2D eigenvalue weighted by Crippen LogP contribution is -2.39. The first-order valence-electron chi connectivity index (χ1n) is 9.55. The molecule has 1 aliphatic heterocycles. The number of benzene rings is 1. The Morgan fingerprint density at radius 2 is 1.97 bits per heavy atom. The molecule has 0 saturated carbocycles. The normalized spacial score (nSPS) is 18.4. The number of likely N-dealkylation sites (tertiary alicyclic amines) is 1. The molecule has 166 valence electrons. The first kappa shape index (κ1) is 22.3. The number of nitrogens with two attached hydrogens (primary N) is 1. The lowest BCUT2D eigenvalue weighted by Gasteiger charge is -2.29. The van der Waals surface area contributed by atoms with Crippen molar-refractivity contribution in [1.29, 1.82) is 0 Å². The van der Waals surface area contributed by atoms with E-state index in [1.54, 1.807) is 30.2 Å². The molecule has 0 aliphatic carbocycles. The van der Waals surface area contributed by atoms with Gasteiger partial charge in [0, 0.05) is 25.2 Å². The molecule has 1 fully saturated rings. The summed E-state index contributed by atoms with van der Waals surface area (Å²) in [7, 11) is 0. The highest BCUT2D eigenvalue weighted by molar-refractivity contribution is 6.35. The number of fused-ring (bicyclic) bond motifs is 1. The molecule has 1 saturated heterocycles. The van der Waals surface area contributed by atoms with Crippen molar-refractivity contribution in [3.8, 4) is 5.75 Å². The number of alkyl halides is 3. The van der Waals surface area contributed by atoms with Crippen LogP contribution in [0.5, 0.6) is 5.75 Å². The third-order valence-electron chi connectivity index (χ3n) is 4.64. The quantitative estimate of drug-likeness (QED) is 0.688. The first-order chi connectivity index (χ1) is 13.8. The Morgan fingerprint density at radius 1 is 1.27 bits per heavy atom. The van der Waals surface area contributed by atoms with E-state index in [-0.39, 0.29) is 22.5 Å². The van der Waals surface area contributed by atoms with Crippen molar-refractivity contribution in [2.24, 2.45) is 0 Å². The van der Waals surface area contributed by atoms with E-state index in [0.29, 0.717) is 25.0 Å². The molecule has 2 aromatic rings. The molecule has 2 N–H and O–H groups in total. The molecule has 0 unspecified atom stereocenters. The van der Waals surface area contributed by atoms with Crippen molar-refractivity contribution in [2.75, 3.05) is 18.8 Å². The summed E-state index contributed by atoms with van der Waals surface area (Å²) >= 11 is 6.29. The van der Waals surface area contributed by atoms with E-state index in [1.807, 2.05) is 0 Å². The minimum atomic E-state index is -4.85. The van der Waals surface area contributed by atoms with Crippen molar-refractivity contribution >= 4 is 34.7 Å². The van der Waals surface area contributed by atoms with E-state index in [2.05, 4.69) is 9.72 Å². The predicted octanol–water partition coefficient (Wildman–Crippen LogP) is 5.13. The number of hydrogen-bond acceptors (Lipinski definition) is 5. The number of imidazole rings is 1. The highest BCUT2D eigenvalue weighted by Gasteiger charge is 2.33. The number of amides is 1. The van der Waals surface area contributed by atoms with Gasteiger partial charge in [-0.15, -0.1) is 13.2 Å². The van der Waals surface area contributed by atoms with Crippen molar-refractivity contribution in [3.05, 3.63) is 17.2 Å². The van der Waals surface area contributed by atoms with Gasteiger partial charge in [0.05, 0.1) is 22.1 Å². The van der Waals surface area contributed by atoms with Crippen LogP contribution in [0.1, 0.15) is 46.1 Å². The molecule has 1 aromatic carbocycles. The fraction of sp³-hybridized carbons (Fsp3) is 0.579. The van der Waals surface area contributed by atoms with E-state index in [4.69, 9.17) is 22.1 Å². The zero-order chi connectivity index (χ0) is 22.3. The Labute approximate surface area is 176 Å². The summed E-state index contributed by atoms with van der Waals surface area (Å²) in [5, 5.41) is 0.0315. The highest BCUT2D eigenvalue weighted by atomic mass is 35.5. The Balaban J connectivity index is 1.94. The number of hydrogen-bond donors (Lipinski definition) is 1. The maximum Gasteiger partial charge on any atom is 0.573 e. The van der Waals surface area contributed by atoms with Gasteiger partial charge in [-0.1, -0.05) is 11.6 Å². The molecule has 1 amide bonds. The Bertz CT molecular complexity index is 940. The van der Waals surface area contributed by atoms with Gasteiger partial charge in [-0.2, -0.15) is 0 Å². The Hall–Kier alpha value is -2.36. The monoisotopic (exact) mass is 448 g/mol. The smallest absolute Gasteiger partial charge is 0.444 e. The van der Waals surface area contributed by atoms with Crippen LogP contribution in [-0.4, -0.2) is 45.6 Å². The largest absolute Gasteiger partial charge is 0.573 e. The summed E-state index contributed by atoms with van der Waals surface area (Å²) in [5.74, 6) is -0.368. The van der Waals surface area contributed by atoms with Gasteiger partial charge < -0.3 is 24.7 Å². The van der Waals surface area contributed by atoms with Crippen molar-refractivity contribution in [1.82, 2.24) is 14.5 Å². The van der Waals surface area contributed by atoms with Crippen molar-refractivity contribution in [2.45, 2.75) is 58.0 Å². The third kappa shape index (κ3) is 5.21. The summed E-state index contributed by atoms with van der Waals surface area (Å²) in [6, 6.07) is 1.97. The molecular weight excluding hydrogens is 425 g/mol. The van der Waals surface area contributed by atoms with Crippen LogP contribution in [0.2, 0.25) is 5.02 Å². The van der Waals surface area contributed by atoms with Gasteiger partial charge in [0.1, 0.15) is 11.4 Å². The van der Waals surface area contributed by atoms with Crippen LogP contribution in [0.25, 0.3) is 11.0 Å². The lowest BCUT2D eigenvalue weighted by molar-refractivity contribution is -0.274. The zero-order valence-corrected chi connectivity index (χ0v) is 17.7. The molecular formula is C19H24ClF3N4O3. The molecule has 1 aliphatic rings. The fourth-order valence-corrected chi connectivity index (χ4v) is 3.86. The number of nitrogens with zero attached hydrogens (tertiary/aromatic N) is 3. The van der Waals surface area contributed by atoms with Crippen LogP contribution in [-0.2, 0) is 4.74 Å². The third-order valence-corrected chi connectivity index (χ3v) is 4.92. The van der Waals surface area contributed by atoms with E-state index < -0.39 is 23.8 Å². The molecule has 30 heavy (non-hydrogen) atoms.